The van der Waals surface area contributed by atoms with Crippen molar-refractivity contribution >= 4 is 24.1 Å². The summed E-state index contributed by atoms with van der Waals surface area (Å²) < 4.78 is 9.99. The van der Waals surface area contributed by atoms with Crippen LogP contribution >= 0.6 is 12.6 Å². The highest BCUT2D eigenvalue weighted by atomic mass is 32.1. The lowest BCUT2D eigenvalue weighted by Gasteiger charge is -2.21. The van der Waals surface area contributed by atoms with Crippen molar-refractivity contribution in [3.8, 4) is 0 Å². The number of thiol groups is 1. The first kappa shape index (κ1) is 20.6. The Morgan fingerprint density at radius 1 is 1.11 bits per heavy atom. The second kappa shape index (κ2) is 9.88. The molecule has 0 N–H and O–H groups in total. The number of aryl methyl sites for hydroxylation is 2. The van der Waals surface area contributed by atoms with E-state index in [2.05, 4.69) is 12.6 Å². The van der Waals surface area contributed by atoms with E-state index in [9.17, 15) is 4.79 Å². The Labute approximate surface area is 165 Å². The summed E-state index contributed by atoms with van der Waals surface area (Å²) in [4.78, 5) is 15.1. The van der Waals surface area contributed by atoms with Gasteiger partial charge in [-0.1, -0.05) is 6.07 Å². The van der Waals surface area contributed by atoms with Gasteiger partial charge in [0, 0.05) is 23.2 Å². The SMILES string of the molecule is CCN(/C=C(/C)C(=O)c1ccco1)c1ccc(C)cc1S.Cc1ccco1. The molecule has 0 fully saturated rings. The number of hydrogen-bond acceptors (Lipinski definition) is 5. The Bertz CT molecular complexity index is 880. The minimum absolute atomic E-state index is 0.105. The average Bonchev–Trinajstić information content (AvgIpc) is 3.33. The van der Waals surface area contributed by atoms with E-state index >= 15 is 0 Å². The lowest BCUT2D eigenvalue weighted by Crippen LogP contribution is -2.18. The summed E-state index contributed by atoms with van der Waals surface area (Å²) >= 11 is 4.52. The molecule has 0 amide bonds. The summed E-state index contributed by atoms with van der Waals surface area (Å²) in [5.41, 5.74) is 2.77. The highest BCUT2D eigenvalue weighted by molar-refractivity contribution is 7.80. The summed E-state index contributed by atoms with van der Waals surface area (Å²) in [5, 5.41) is 0. The number of anilines is 1. The van der Waals surface area contributed by atoms with E-state index in [0.717, 1.165) is 28.5 Å². The highest BCUT2D eigenvalue weighted by Crippen LogP contribution is 2.26. The third-order valence-electron chi connectivity index (χ3n) is 3.90. The summed E-state index contributed by atoms with van der Waals surface area (Å²) in [6.45, 7) is 8.52. The predicted octanol–water partition coefficient (Wildman–Crippen LogP) is 6.08. The molecule has 0 aliphatic heterocycles. The van der Waals surface area contributed by atoms with E-state index in [1.54, 1.807) is 25.3 Å². The molecule has 0 saturated carbocycles. The second-order valence-electron chi connectivity index (χ2n) is 6.12. The van der Waals surface area contributed by atoms with Gasteiger partial charge in [0.25, 0.3) is 0 Å². The third kappa shape index (κ3) is 5.93. The number of hydrogen-bond donors (Lipinski definition) is 1. The van der Waals surface area contributed by atoms with Crippen LogP contribution in [-0.2, 0) is 0 Å². The average molecular weight is 384 g/mol. The molecule has 27 heavy (non-hydrogen) atoms. The Balaban J connectivity index is 0.000000369. The van der Waals surface area contributed by atoms with Gasteiger partial charge in [0.05, 0.1) is 18.2 Å². The molecule has 0 aliphatic carbocycles. The van der Waals surface area contributed by atoms with Gasteiger partial charge in [-0.15, -0.1) is 12.6 Å². The van der Waals surface area contributed by atoms with Crippen molar-refractivity contribution in [3.05, 3.63) is 83.8 Å². The summed E-state index contributed by atoms with van der Waals surface area (Å²) in [5.74, 6) is 1.22. The van der Waals surface area contributed by atoms with Gasteiger partial charge in [-0.25, -0.2) is 0 Å². The monoisotopic (exact) mass is 383 g/mol. The Morgan fingerprint density at radius 3 is 2.30 bits per heavy atom. The zero-order chi connectivity index (χ0) is 19.8. The van der Waals surface area contributed by atoms with Gasteiger partial charge in [-0.3, -0.25) is 4.79 Å². The fourth-order valence-corrected chi connectivity index (χ4v) is 2.87. The largest absolute Gasteiger partial charge is 0.470 e. The molecular weight excluding hydrogens is 358 g/mol. The number of carbonyl (C=O) groups excluding carboxylic acids is 1. The van der Waals surface area contributed by atoms with Gasteiger partial charge in [0.15, 0.2) is 5.76 Å². The molecule has 142 valence electrons. The van der Waals surface area contributed by atoms with Gasteiger partial charge in [0.1, 0.15) is 5.76 Å². The molecule has 0 bridgehead atoms. The molecule has 0 aliphatic rings. The first-order chi connectivity index (χ1) is 12.9. The van der Waals surface area contributed by atoms with Crippen LogP contribution in [0.15, 0.2) is 80.5 Å². The topological polar surface area (TPSA) is 46.6 Å². The molecule has 2 heterocycles. The zero-order valence-corrected chi connectivity index (χ0v) is 17.0. The van der Waals surface area contributed by atoms with Crippen molar-refractivity contribution in [1.29, 1.82) is 0 Å². The van der Waals surface area contributed by atoms with Gasteiger partial charge < -0.3 is 13.7 Å². The van der Waals surface area contributed by atoms with Crippen LogP contribution in [-0.4, -0.2) is 12.3 Å². The van der Waals surface area contributed by atoms with Gasteiger partial charge in [0.2, 0.25) is 5.78 Å². The molecule has 0 atom stereocenters. The number of furan rings is 2. The van der Waals surface area contributed by atoms with E-state index in [1.807, 2.05) is 62.2 Å². The minimum Gasteiger partial charge on any atom is -0.470 e. The summed E-state index contributed by atoms with van der Waals surface area (Å²) in [6, 6.07) is 13.2. The van der Waals surface area contributed by atoms with E-state index in [1.165, 1.54) is 6.26 Å². The van der Waals surface area contributed by atoms with Crippen molar-refractivity contribution in [1.82, 2.24) is 0 Å². The zero-order valence-electron chi connectivity index (χ0n) is 16.1. The highest BCUT2D eigenvalue weighted by Gasteiger charge is 2.13. The number of rotatable bonds is 5. The van der Waals surface area contributed by atoms with Crippen molar-refractivity contribution in [2.75, 3.05) is 11.4 Å². The van der Waals surface area contributed by atoms with Crippen LogP contribution < -0.4 is 4.90 Å². The maximum absolute atomic E-state index is 12.2. The van der Waals surface area contributed by atoms with Crippen LogP contribution in [0.5, 0.6) is 0 Å². The Morgan fingerprint density at radius 2 is 1.81 bits per heavy atom. The summed E-state index contributed by atoms with van der Waals surface area (Å²) in [6.07, 6.45) is 5.01. The Kier molecular flexibility index (Phi) is 7.55. The van der Waals surface area contributed by atoms with Gasteiger partial charge >= 0.3 is 0 Å². The quantitative estimate of drug-likeness (QED) is 0.330. The number of carbonyl (C=O) groups is 1. The normalized spacial score (nSPS) is 10.9. The fourth-order valence-electron chi connectivity index (χ4n) is 2.46. The molecule has 0 saturated heterocycles. The molecule has 0 unspecified atom stereocenters. The number of allylic oxidation sites excluding steroid dienone is 1. The maximum Gasteiger partial charge on any atom is 0.225 e. The van der Waals surface area contributed by atoms with Crippen LogP contribution in [0, 0.1) is 13.8 Å². The molecule has 3 aromatic rings. The van der Waals surface area contributed by atoms with Crippen LogP contribution in [0.1, 0.15) is 35.7 Å². The van der Waals surface area contributed by atoms with Crippen molar-refractivity contribution in [3.63, 3.8) is 0 Å². The smallest absolute Gasteiger partial charge is 0.225 e. The lowest BCUT2D eigenvalue weighted by atomic mass is 10.1. The number of nitrogens with zero attached hydrogens (tertiary/aromatic N) is 1. The predicted molar refractivity (Wildman–Crippen MR) is 112 cm³/mol. The molecule has 0 radical (unpaired) electrons. The third-order valence-corrected chi connectivity index (χ3v) is 4.26. The molecule has 4 nitrogen and oxygen atoms in total. The summed E-state index contributed by atoms with van der Waals surface area (Å²) in [7, 11) is 0. The maximum atomic E-state index is 12.2. The van der Waals surface area contributed by atoms with Crippen LogP contribution in [0.2, 0.25) is 0 Å². The number of ketones is 1. The number of benzene rings is 1. The molecule has 2 aromatic heterocycles. The van der Waals surface area contributed by atoms with E-state index in [-0.39, 0.29) is 5.78 Å². The van der Waals surface area contributed by atoms with Gasteiger partial charge in [-0.05, 0) is 69.7 Å². The molecule has 5 heteroatoms. The van der Waals surface area contributed by atoms with Crippen LogP contribution in [0.3, 0.4) is 0 Å². The molecule has 1 aromatic carbocycles. The first-order valence-electron chi connectivity index (χ1n) is 8.75. The molecule has 3 rings (SSSR count). The Hall–Kier alpha value is -2.66. The van der Waals surface area contributed by atoms with Crippen molar-refractivity contribution in [2.45, 2.75) is 32.6 Å². The fraction of sp³-hybridized carbons (Fsp3) is 0.227. The van der Waals surface area contributed by atoms with Gasteiger partial charge in [-0.2, -0.15) is 0 Å². The van der Waals surface area contributed by atoms with E-state index in [4.69, 9.17) is 8.83 Å². The van der Waals surface area contributed by atoms with E-state index < -0.39 is 0 Å². The lowest BCUT2D eigenvalue weighted by molar-refractivity contribution is 0.100. The standard InChI is InChI=1S/C17H19NO2S.C5H6O/c1-4-18(14-8-7-12(2)10-16(14)21)11-13(3)17(19)15-6-5-9-20-15;1-5-3-2-4-6-5/h5-11,21H,4H2,1-3H3;2-4H,1H3/b13-11-;. The van der Waals surface area contributed by atoms with Crippen molar-refractivity contribution < 1.29 is 13.6 Å². The van der Waals surface area contributed by atoms with E-state index in [0.29, 0.717) is 11.3 Å². The molecule has 0 spiro atoms. The van der Waals surface area contributed by atoms with Crippen LogP contribution in [0.4, 0.5) is 5.69 Å². The van der Waals surface area contributed by atoms with Crippen molar-refractivity contribution in [2.24, 2.45) is 0 Å². The number of Topliss-reactive ketones (excluding diaryl/α,β-unsaturated/α-hetero) is 1. The second-order valence-corrected chi connectivity index (χ2v) is 6.60. The minimum atomic E-state index is -0.105. The molecular formula is C22H25NO3S. The van der Waals surface area contributed by atoms with Crippen LogP contribution in [0.25, 0.3) is 0 Å². The first-order valence-corrected chi connectivity index (χ1v) is 9.20.